The number of amides is 1. The maximum absolute atomic E-state index is 13.0. The number of benzene rings is 2. The molecule has 0 bridgehead atoms. The molecule has 2 heterocycles. The van der Waals surface area contributed by atoms with E-state index in [1.54, 1.807) is 36.5 Å². The molecule has 27 heavy (non-hydrogen) atoms. The molecular formula is C18H11ClFN3O2S2. The van der Waals surface area contributed by atoms with E-state index in [2.05, 4.69) is 10.3 Å². The second-order valence-electron chi connectivity index (χ2n) is 5.65. The van der Waals surface area contributed by atoms with Crippen LogP contribution in [0, 0.1) is 5.82 Å². The molecule has 0 aliphatic carbocycles. The van der Waals surface area contributed by atoms with Gasteiger partial charge in [0.25, 0.3) is 0 Å². The van der Waals surface area contributed by atoms with Gasteiger partial charge in [0.1, 0.15) is 12.4 Å². The molecule has 0 unspecified atom stereocenters. The summed E-state index contributed by atoms with van der Waals surface area (Å²) in [6.45, 7) is -0.134. The predicted molar refractivity (Wildman–Crippen MR) is 107 cm³/mol. The van der Waals surface area contributed by atoms with Crippen molar-refractivity contribution >= 4 is 55.5 Å². The summed E-state index contributed by atoms with van der Waals surface area (Å²) in [5.74, 6) is -0.679. The van der Waals surface area contributed by atoms with Crippen LogP contribution in [0.1, 0.15) is 0 Å². The Morgan fingerprint density at radius 3 is 2.74 bits per heavy atom. The molecule has 9 heteroatoms. The minimum absolute atomic E-state index is 0.134. The maximum Gasteiger partial charge on any atom is 0.308 e. The number of carbonyl (C=O) groups is 1. The normalized spacial score (nSPS) is 11.0. The molecule has 1 amide bonds. The third kappa shape index (κ3) is 3.78. The van der Waals surface area contributed by atoms with Crippen LogP contribution in [0.15, 0.2) is 53.5 Å². The standard InChI is InChI=1S/C18H11ClFN3O2S2/c19-11-3-6-14-13(7-11)23(18(25)27-14)9-16(24)22-17-21-8-15(26-17)10-1-4-12(20)5-2-10/h1-8H,9H2,(H,21,22,24). The van der Waals surface area contributed by atoms with E-state index in [0.29, 0.717) is 15.7 Å². The zero-order valence-electron chi connectivity index (χ0n) is 13.6. The van der Waals surface area contributed by atoms with E-state index >= 15 is 0 Å². The molecule has 0 saturated heterocycles. The monoisotopic (exact) mass is 419 g/mol. The number of halogens is 2. The Labute approximate surface area is 165 Å². The van der Waals surface area contributed by atoms with Crippen LogP contribution < -0.4 is 10.2 Å². The fourth-order valence-corrected chi connectivity index (χ4v) is 4.44. The topological polar surface area (TPSA) is 64.0 Å². The lowest BCUT2D eigenvalue weighted by Gasteiger charge is -2.04. The number of fused-ring (bicyclic) bond motifs is 1. The van der Waals surface area contributed by atoms with Gasteiger partial charge in [0.2, 0.25) is 5.91 Å². The SMILES string of the molecule is O=C(Cn1c(=O)sc2ccc(Cl)cc21)Nc1ncc(-c2ccc(F)cc2)s1. The van der Waals surface area contributed by atoms with Gasteiger partial charge in [-0.05, 0) is 35.9 Å². The van der Waals surface area contributed by atoms with E-state index in [0.717, 1.165) is 26.5 Å². The zero-order chi connectivity index (χ0) is 19.0. The van der Waals surface area contributed by atoms with Crippen LogP contribution in [0.5, 0.6) is 0 Å². The summed E-state index contributed by atoms with van der Waals surface area (Å²) in [6, 6.07) is 11.2. The van der Waals surface area contributed by atoms with Crippen LogP contribution in [-0.4, -0.2) is 15.5 Å². The lowest BCUT2D eigenvalue weighted by molar-refractivity contribution is -0.116. The third-order valence-corrected chi connectivity index (χ3v) is 5.97. The van der Waals surface area contributed by atoms with E-state index in [4.69, 9.17) is 11.6 Å². The summed E-state index contributed by atoms with van der Waals surface area (Å²) in [5, 5.41) is 3.60. The van der Waals surface area contributed by atoms with Crippen LogP contribution in [0.3, 0.4) is 0 Å². The number of hydrogen-bond acceptors (Lipinski definition) is 5. The fraction of sp³-hybridized carbons (Fsp3) is 0.0556. The molecule has 2 aromatic carbocycles. The first-order chi connectivity index (χ1) is 13.0. The van der Waals surface area contributed by atoms with Crippen molar-refractivity contribution < 1.29 is 9.18 Å². The van der Waals surface area contributed by atoms with Crippen molar-refractivity contribution in [1.29, 1.82) is 0 Å². The average molecular weight is 420 g/mol. The fourth-order valence-electron chi connectivity index (χ4n) is 2.57. The van der Waals surface area contributed by atoms with Crippen molar-refractivity contribution in [2.24, 2.45) is 0 Å². The van der Waals surface area contributed by atoms with Crippen LogP contribution in [-0.2, 0) is 11.3 Å². The van der Waals surface area contributed by atoms with Gasteiger partial charge in [-0.25, -0.2) is 9.37 Å². The quantitative estimate of drug-likeness (QED) is 0.525. The van der Waals surface area contributed by atoms with Gasteiger partial charge in [0.15, 0.2) is 5.13 Å². The molecule has 0 fully saturated rings. The molecule has 0 spiro atoms. The van der Waals surface area contributed by atoms with Crippen molar-refractivity contribution in [3.05, 3.63) is 69.2 Å². The summed E-state index contributed by atoms with van der Waals surface area (Å²) in [6.07, 6.45) is 1.61. The minimum atomic E-state index is -0.364. The number of nitrogens with one attached hydrogen (secondary N) is 1. The Balaban J connectivity index is 1.52. The van der Waals surface area contributed by atoms with Crippen LogP contribution in [0.2, 0.25) is 5.02 Å². The van der Waals surface area contributed by atoms with E-state index in [1.807, 2.05) is 0 Å². The number of anilines is 1. The molecule has 0 radical (unpaired) electrons. The highest BCUT2D eigenvalue weighted by molar-refractivity contribution is 7.19. The van der Waals surface area contributed by atoms with E-state index < -0.39 is 0 Å². The largest absolute Gasteiger partial charge is 0.308 e. The van der Waals surface area contributed by atoms with Gasteiger partial charge in [-0.15, -0.1) is 0 Å². The molecule has 1 N–H and O–H groups in total. The first-order valence-corrected chi connectivity index (χ1v) is 9.81. The highest BCUT2D eigenvalue weighted by Gasteiger charge is 2.13. The predicted octanol–water partition coefficient (Wildman–Crippen LogP) is 4.62. The smallest absolute Gasteiger partial charge is 0.300 e. The molecular weight excluding hydrogens is 409 g/mol. The highest BCUT2D eigenvalue weighted by Crippen LogP contribution is 2.29. The number of carbonyl (C=O) groups excluding carboxylic acids is 1. The molecule has 0 aliphatic rings. The minimum Gasteiger partial charge on any atom is -0.300 e. The number of hydrogen-bond donors (Lipinski definition) is 1. The van der Waals surface area contributed by atoms with Gasteiger partial charge in [0, 0.05) is 11.2 Å². The van der Waals surface area contributed by atoms with Gasteiger partial charge >= 0.3 is 4.87 Å². The van der Waals surface area contributed by atoms with Crippen LogP contribution in [0.4, 0.5) is 9.52 Å². The maximum atomic E-state index is 13.0. The van der Waals surface area contributed by atoms with Crippen molar-refractivity contribution in [1.82, 2.24) is 9.55 Å². The highest BCUT2D eigenvalue weighted by atomic mass is 35.5. The third-order valence-electron chi connectivity index (χ3n) is 3.81. The molecule has 0 saturated carbocycles. The van der Waals surface area contributed by atoms with E-state index in [1.165, 1.54) is 28.0 Å². The molecule has 2 aromatic heterocycles. The number of thiazole rings is 2. The summed E-state index contributed by atoms with van der Waals surface area (Å²) >= 11 is 8.33. The Morgan fingerprint density at radius 2 is 1.96 bits per heavy atom. The summed E-state index contributed by atoms with van der Waals surface area (Å²) in [4.78, 5) is 29.3. The van der Waals surface area contributed by atoms with Gasteiger partial charge < -0.3 is 5.32 Å². The Kier molecular flexibility index (Phi) is 4.77. The van der Waals surface area contributed by atoms with Crippen LogP contribution >= 0.6 is 34.3 Å². The molecule has 5 nitrogen and oxygen atoms in total. The van der Waals surface area contributed by atoms with E-state index in [-0.39, 0.29) is 23.1 Å². The lowest BCUT2D eigenvalue weighted by atomic mass is 10.2. The van der Waals surface area contributed by atoms with Gasteiger partial charge in [-0.1, -0.05) is 46.4 Å². The van der Waals surface area contributed by atoms with Crippen molar-refractivity contribution in [3.63, 3.8) is 0 Å². The van der Waals surface area contributed by atoms with Gasteiger partial charge in [0.05, 0.1) is 15.1 Å². The number of rotatable bonds is 4. The van der Waals surface area contributed by atoms with Gasteiger partial charge in [-0.2, -0.15) is 0 Å². The molecule has 4 rings (SSSR count). The van der Waals surface area contributed by atoms with Crippen molar-refractivity contribution in [2.45, 2.75) is 6.54 Å². The number of nitrogens with zero attached hydrogens (tertiary/aromatic N) is 2. The first-order valence-electron chi connectivity index (χ1n) is 7.80. The summed E-state index contributed by atoms with van der Waals surface area (Å²) in [5.41, 5.74) is 1.43. The summed E-state index contributed by atoms with van der Waals surface area (Å²) in [7, 11) is 0. The average Bonchev–Trinajstić information content (AvgIpc) is 3.21. The molecule has 0 aliphatic heterocycles. The Bertz CT molecular complexity index is 1200. The second-order valence-corrected chi connectivity index (χ2v) is 8.11. The Morgan fingerprint density at radius 1 is 1.19 bits per heavy atom. The second kappa shape index (κ2) is 7.22. The Hall–Kier alpha value is -2.55. The molecule has 136 valence electrons. The van der Waals surface area contributed by atoms with Crippen LogP contribution in [0.25, 0.3) is 20.7 Å². The zero-order valence-corrected chi connectivity index (χ0v) is 16.0. The van der Waals surface area contributed by atoms with E-state index in [9.17, 15) is 14.0 Å². The number of aromatic nitrogens is 2. The molecule has 4 aromatic rings. The first kappa shape index (κ1) is 17.8. The summed E-state index contributed by atoms with van der Waals surface area (Å²) < 4.78 is 15.2. The van der Waals surface area contributed by atoms with Crippen molar-refractivity contribution in [3.8, 4) is 10.4 Å². The van der Waals surface area contributed by atoms with Crippen molar-refractivity contribution in [2.75, 3.05) is 5.32 Å². The lowest BCUT2D eigenvalue weighted by Crippen LogP contribution is -2.24. The molecule has 0 atom stereocenters. The van der Waals surface area contributed by atoms with Gasteiger partial charge in [-0.3, -0.25) is 14.2 Å².